The lowest BCUT2D eigenvalue weighted by atomic mass is 10.1. The van der Waals surface area contributed by atoms with Crippen molar-refractivity contribution in [1.29, 1.82) is 0 Å². The minimum atomic E-state index is -0.360. The van der Waals surface area contributed by atoms with Gasteiger partial charge in [0.05, 0.1) is 13.0 Å². The molecular weight excluding hydrogens is 352 g/mol. The van der Waals surface area contributed by atoms with Gasteiger partial charge in [0.25, 0.3) is 0 Å². The molecule has 6 heteroatoms. The molecule has 0 aromatic heterocycles. The average Bonchev–Trinajstić information content (AvgIpc) is 3.00. The quantitative estimate of drug-likeness (QED) is 0.871. The summed E-state index contributed by atoms with van der Waals surface area (Å²) in [7, 11) is 1.61. The van der Waals surface area contributed by atoms with Crippen molar-refractivity contribution in [1.82, 2.24) is 4.90 Å². The fourth-order valence-corrected chi connectivity index (χ4v) is 3.15. The standard InChI is InChI=1S/C20H21ClN2O3/c1-13-3-6-16(10-18(13)21)22-20(25)15-9-19(24)23(12-15)11-14-4-7-17(26-2)8-5-14/h3-8,10,15H,9,11-12H2,1-2H3,(H,22,25). The van der Waals surface area contributed by atoms with Gasteiger partial charge in [-0.15, -0.1) is 0 Å². The minimum Gasteiger partial charge on any atom is -0.497 e. The number of amides is 2. The van der Waals surface area contributed by atoms with Crippen molar-refractivity contribution in [2.45, 2.75) is 19.9 Å². The third kappa shape index (κ3) is 4.17. The largest absolute Gasteiger partial charge is 0.497 e. The molecule has 5 nitrogen and oxygen atoms in total. The van der Waals surface area contributed by atoms with E-state index in [0.717, 1.165) is 16.9 Å². The smallest absolute Gasteiger partial charge is 0.229 e. The molecule has 1 atom stereocenters. The van der Waals surface area contributed by atoms with Gasteiger partial charge in [-0.25, -0.2) is 0 Å². The van der Waals surface area contributed by atoms with Crippen LogP contribution in [0.25, 0.3) is 0 Å². The topological polar surface area (TPSA) is 58.6 Å². The highest BCUT2D eigenvalue weighted by Gasteiger charge is 2.34. The summed E-state index contributed by atoms with van der Waals surface area (Å²) in [5, 5.41) is 3.46. The van der Waals surface area contributed by atoms with Gasteiger partial charge in [-0.1, -0.05) is 29.8 Å². The molecule has 1 aliphatic heterocycles. The van der Waals surface area contributed by atoms with Crippen LogP contribution in [0.3, 0.4) is 0 Å². The zero-order chi connectivity index (χ0) is 18.7. The summed E-state index contributed by atoms with van der Waals surface area (Å²) >= 11 is 6.09. The van der Waals surface area contributed by atoms with Crippen LogP contribution in [-0.4, -0.2) is 30.4 Å². The van der Waals surface area contributed by atoms with Gasteiger partial charge in [0.1, 0.15) is 5.75 Å². The van der Waals surface area contributed by atoms with Crippen LogP contribution in [0.2, 0.25) is 5.02 Å². The van der Waals surface area contributed by atoms with Crippen LogP contribution in [0.5, 0.6) is 5.75 Å². The van der Waals surface area contributed by atoms with Crippen LogP contribution >= 0.6 is 11.6 Å². The minimum absolute atomic E-state index is 0.0112. The maximum atomic E-state index is 12.5. The molecular formula is C20H21ClN2O3. The van der Waals surface area contributed by atoms with Crippen molar-refractivity contribution < 1.29 is 14.3 Å². The van der Waals surface area contributed by atoms with Gasteiger partial charge < -0.3 is 15.0 Å². The summed E-state index contributed by atoms with van der Waals surface area (Å²) < 4.78 is 5.14. The second-order valence-corrected chi connectivity index (χ2v) is 6.88. The Hall–Kier alpha value is -2.53. The van der Waals surface area contributed by atoms with E-state index in [1.165, 1.54) is 0 Å². The van der Waals surface area contributed by atoms with E-state index in [9.17, 15) is 9.59 Å². The van der Waals surface area contributed by atoms with Crippen LogP contribution in [0.15, 0.2) is 42.5 Å². The van der Waals surface area contributed by atoms with Crippen molar-refractivity contribution >= 4 is 29.1 Å². The third-order valence-corrected chi connectivity index (χ3v) is 4.96. The van der Waals surface area contributed by atoms with Crippen molar-refractivity contribution in [3.63, 3.8) is 0 Å². The van der Waals surface area contributed by atoms with E-state index in [-0.39, 0.29) is 24.2 Å². The molecule has 1 saturated heterocycles. The van der Waals surface area contributed by atoms with Crippen LogP contribution in [-0.2, 0) is 16.1 Å². The molecule has 0 spiro atoms. The van der Waals surface area contributed by atoms with Crippen LogP contribution in [0.1, 0.15) is 17.5 Å². The number of carbonyl (C=O) groups excluding carboxylic acids is 2. The molecule has 1 fully saturated rings. The van der Waals surface area contributed by atoms with E-state index in [1.807, 2.05) is 43.3 Å². The highest BCUT2D eigenvalue weighted by molar-refractivity contribution is 6.31. The summed E-state index contributed by atoms with van der Waals surface area (Å²) in [4.78, 5) is 26.5. The number of likely N-dealkylation sites (tertiary alicyclic amines) is 1. The Bertz CT molecular complexity index is 820. The Morgan fingerprint density at radius 2 is 2.00 bits per heavy atom. The molecule has 2 aromatic rings. The van der Waals surface area contributed by atoms with Crippen molar-refractivity contribution in [2.75, 3.05) is 19.0 Å². The Morgan fingerprint density at radius 3 is 2.65 bits per heavy atom. The average molecular weight is 373 g/mol. The van der Waals surface area contributed by atoms with E-state index < -0.39 is 0 Å². The number of aryl methyl sites for hydroxylation is 1. The summed E-state index contributed by atoms with van der Waals surface area (Å²) in [5.74, 6) is 0.245. The second-order valence-electron chi connectivity index (χ2n) is 6.48. The molecule has 1 unspecified atom stereocenters. The highest BCUT2D eigenvalue weighted by Crippen LogP contribution is 2.24. The van der Waals surface area contributed by atoms with Gasteiger partial charge >= 0.3 is 0 Å². The first-order valence-corrected chi connectivity index (χ1v) is 8.82. The predicted molar refractivity (Wildman–Crippen MR) is 101 cm³/mol. The van der Waals surface area contributed by atoms with E-state index in [0.29, 0.717) is 23.8 Å². The number of hydrogen-bond donors (Lipinski definition) is 1. The second kappa shape index (κ2) is 7.79. The monoisotopic (exact) mass is 372 g/mol. The number of rotatable bonds is 5. The number of methoxy groups -OCH3 is 1. The zero-order valence-corrected chi connectivity index (χ0v) is 15.5. The number of carbonyl (C=O) groups is 2. The van der Waals surface area contributed by atoms with Crippen LogP contribution < -0.4 is 10.1 Å². The van der Waals surface area contributed by atoms with E-state index in [1.54, 1.807) is 18.1 Å². The third-order valence-electron chi connectivity index (χ3n) is 4.56. The first kappa shape index (κ1) is 18.3. The number of hydrogen-bond acceptors (Lipinski definition) is 3. The summed E-state index contributed by atoms with van der Waals surface area (Å²) in [6.45, 7) is 2.81. The molecule has 2 amide bonds. The number of anilines is 1. The molecule has 1 aliphatic rings. The van der Waals surface area contributed by atoms with E-state index >= 15 is 0 Å². The molecule has 0 bridgehead atoms. The van der Waals surface area contributed by atoms with Crippen LogP contribution in [0.4, 0.5) is 5.69 Å². The van der Waals surface area contributed by atoms with Gasteiger partial charge in [0.2, 0.25) is 11.8 Å². The van der Waals surface area contributed by atoms with Gasteiger partial charge in [-0.3, -0.25) is 9.59 Å². The van der Waals surface area contributed by atoms with Gasteiger partial charge in [0.15, 0.2) is 0 Å². The van der Waals surface area contributed by atoms with Crippen LogP contribution in [0, 0.1) is 12.8 Å². The number of benzene rings is 2. The fourth-order valence-electron chi connectivity index (χ4n) is 2.97. The van der Waals surface area contributed by atoms with Gasteiger partial charge in [0, 0.05) is 30.2 Å². The molecule has 0 radical (unpaired) electrons. The molecule has 1 heterocycles. The van der Waals surface area contributed by atoms with E-state index in [2.05, 4.69) is 5.32 Å². The predicted octanol–water partition coefficient (Wildman–Crippen LogP) is 3.64. The van der Waals surface area contributed by atoms with Crippen molar-refractivity contribution in [3.8, 4) is 5.75 Å². The summed E-state index contributed by atoms with van der Waals surface area (Å²) in [5.41, 5.74) is 2.60. The maximum Gasteiger partial charge on any atom is 0.229 e. The Kier molecular flexibility index (Phi) is 5.47. The number of nitrogens with zero attached hydrogens (tertiary/aromatic N) is 1. The first-order chi connectivity index (χ1) is 12.5. The summed E-state index contributed by atoms with van der Waals surface area (Å²) in [6.07, 6.45) is 0.224. The van der Waals surface area contributed by atoms with Gasteiger partial charge in [-0.2, -0.15) is 0 Å². The zero-order valence-electron chi connectivity index (χ0n) is 14.8. The number of halogens is 1. The molecule has 1 N–H and O–H groups in total. The summed E-state index contributed by atoms with van der Waals surface area (Å²) in [6, 6.07) is 13.0. The molecule has 3 rings (SSSR count). The SMILES string of the molecule is COc1ccc(CN2CC(C(=O)Nc3ccc(C)c(Cl)c3)CC2=O)cc1. The molecule has 0 aliphatic carbocycles. The van der Waals surface area contributed by atoms with Crippen molar-refractivity contribution in [2.24, 2.45) is 5.92 Å². The Balaban J connectivity index is 1.60. The number of nitrogens with one attached hydrogen (secondary N) is 1. The van der Waals surface area contributed by atoms with Crippen molar-refractivity contribution in [3.05, 3.63) is 58.6 Å². The Labute approximate surface area is 157 Å². The molecule has 136 valence electrons. The lowest BCUT2D eigenvalue weighted by Crippen LogP contribution is -2.28. The first-order valence-electron chi connectivity index (χ1n) is 8.44. The normalized spacial score (nSPS) is 16.7. The molecule has 2 aromatic carbocycles. The lowest BCUT2D eigenvalue weighted by Gasteiger charge is -2.17. The van der Waals surface area contributed by atoms with E-state index in [4.69, 9.17) is 16.3 Å². The lowest BCUT2D eigenvalue weighted by molar-refractivity contribution is -0.128. The maximum absolute atomic E-state index is 12.5. The molecule has 0 saturated carbocycles. The fraction of sp³-hybridized carbons (Fsp3) is 0.300. The Morgan fingerprint density at radius 1 is 1.27 bits per heavy atom. The number of ether oxygens (including phenoxy) is 1. The highest BCUT2D eigenvalue weighted by atomic mass is 35.5. The van der Waals surface area contributed by atoms with Gasteiger partial charge in [-0.05, 0) is 42.3 Å². The molecule has 26 heavy (non-hydrogen) atoms.